The van der Waals surface area contributed by atoms with Crippen molar-refractivity contribution in [2.75, 3.05) is 13.2 Å². The van der Waals surface area contributed by atoms with Gasteiger partial charge in [-0.15, -0.1) is 0 Å². The number of aliphatic hydroxyl groups excluding tert-OH is 1. The summed E-state index contributed by atoms with van der Waals surface area (Å²) in [4.78, 5) is 18.3. The molecule has 7 heteroatoms. The van der Waals surface area contributed by atoms with Crippen LogP contribution in [0.5, 0.6) is 5.88 Å². The predicted octanol–water partition coefficient (Wildman–Crippen LogP) is 1.63. The molecule has 0 radical (unpaired) electrons. The third kappa shape index (κ3) is 3.15. The summed E-state index contributed by atoms with van der Waals surface area (Å²) >= 11 is 5.14. The number of aliphatic hydroxyl groups is 1. The van der Waals surface area contributed by atoms with Crippen LogP contribution >= 0.6 is 12.2 Å². The average Bonchev–Trinajstić information content (AvgIpc) is 2.46. The highest BCUT2D eigenvalue weighted by Gasteiger charge is 2.12. The zero-order valence-corrected chi connectivity index (χ0v) is 13.1. The zero-order chi connectivity index (χ0) is 16.3. The molecule has 0 bridgehead atoms. The molecule has 3 N–H and O–H groups in total. The lowest BCUT2D eigenvalue weighted by molar-refractivity contribution is 0.307. The fourth-order valence-electron chi connectivity index (χ4n) is 1.97. The number of nitrogens with one attached hydrogen (secondary N) is 1. The molecule has 116 valence electrons. The summed E-state index contributed by atoms with van der Waals surface area (Å²) < 4.78 is 1.48. The maximum Gasteiger partial charge on any atom is 0.264 e. The molecule has 2 rings (SSSR count). The minimum absolute atomic E-state index is 0.000257. The standard InChI is InChI=1S/C15H17N3O3S/c1-9-3-4-11(7-10(9)2)18-14(21)12(8-16-5-6-19)13(20)17-15(18)22/h3-4,7-8,19,21H,5-6H2,1-2H3,(H,17,20,22). The van der Waals surface area contributed by atoms with Crippen molar-refractivity contribution in [3.05, 3.63) is 50.0 Å². The summed E-state index contributed by atoms with van der Waals surface area (Å²) in [5.74, 6) is -0.279. The lowest BCUT2D eigenvalue weighted by Crippen LogP contribution is -2.18. The molecule has 2 aromatic rings. The predicted molar refractivity (Wildman–Crippen MR) is 87.9 cm³/mol. The van der Waals surface area contributed by atoms with Gasteiger partial charge in [-0.2, -0.15) is 0 Å². The molecule has 0 saturated heterocycles. The van der Waals surface area contributed by atoms with Gasteiger partial charge in [-0.25, -0.2) is 0 Å². The van der Waals surface area contributed by atoms with E-state index >= 15 is 0 Å². The lowest BCUT2D eigenvalue weighted by atomic mass is 10.1. The van der Waals surface area contributed by atoms with Crippen LogP contribution in [0.25, 0.3) is 5.69 Å². The van der Waals surface area contributed by atoms with Crippen LogP contribution in [0.4, 0.5) is 0 Å². The maximum absolute atomic E-state index is 11.9. The van der Waals surface area contributed by atoms with Crippen LogP contribution in [0.1, 0.15) is 16.7 Å². The van der Waals surface area contributed by atoms with Gasteiger partial charge in [0, 0.05) is 6.21 Å². The average molecular weight is 319 g/mol. The molecule has 0 fully saturated rings. The van der Waals surface area contributed by atoms with E-state index < -0.39 is 5.56 Å². The molecule has 0 unspecified atom stereocenters. The third-order valence-electron chi connectivity index (χ3n) is 3.32. The first-order valence-electron chi connectivity index (χ1n) is 6.72. The molecule has 0 spiro atoms. The van der Waals surface area contributed by atoms with E-state index in [0.717, 1.165) is 11.1 Å². The first-order valence-corrected chi connectivity index (χ1v) is 7.13. The molecule has 22 heavy (non-hydrogen) atoms. The topological polar surface area (TPSA) is 90.6 Å². The number of aromatic nitrogens is 2. The van der Waals surface area contributed by atoms with Crippen LogP contribution in [0, 0.1) is 18.6 Å². The number of aliphatic imine (C=N–C) groups is 1. The van der Waals surface area contributed by atoms with Crippen LogP contribution in [0.3, 0.4) is 0 Å². The molecule has 0 atom stereocenters. The number of aromatic amines is 1. The van der Waals surface area contributed by atoms with Crippen LogP contribution in [-0.2, 0) is 0 Å². The van der Waals surface area contributed by atoms with E-state index in [-0.39, 0.29) is 29.4 Å². The van der Waals surface area contributed by atoms with Crippen LogP contribution in [-0.4, -0.2) is 39.1 Å². The molecule has 1 aromatic carbocycles. The summed E-state index contributed by atoms with van der Waals surface area (Å²) in [5.41, 5.74) is 2.28. The fraction of sp³-hybridized carbons (Fsp3) is 0.267. The van der Waals surface area contributed by atoms with Gasteiger partial charge in [0.2, 0.25) is 5.88 Å². The highest BCUT2D eigenvalue weighted by atomic mass is 32.1. The number of aryl methyl sites for hydroxylation is 2. The van der Waals surface area contributed by atoms with Gasteiger partial charge >= 0.3 is 0 Å². The zero-order valence-electron chi connectivity index (χ0n) is 12.3. The molecule has 0 aliphatic carbocycles. The second-order valence-electron chi connectivity index (χ2n) is 4.86. The van der Waals surface area contributed by atoms with Gasteiger partial charge in [-0.3, -0.25) is 19.3 Å². The van der Waals surface area contributed by atoms with E-state index in [1.165, 1.54) is 10.8 Å². The molecule has 6 nitrogen and oxygen atoms in total. The molecule has 0 aliphatic heterocycles. The first kappa shape index (κ1) is 16.1. The Hall–Kier alpha value is -2.25. The number of aromatic hydroxyl groups is 1. The van der Waals surface area contributed by atoms with Gasteiger partial charge in [0.25, 0.3) is 5.56 Å². The Morgan fingerprint density at radius 3 is 2.73 bits per heavy atom. The SMILES string of the molecule is Cc1ccc(-n2c(O)c(C=NCCO)c(=O)[nH]c2=S)cc1C. The Kier molecular flexibility index (Phi) is 4.89. The summed E-state index contributed by atoms with van der Waals surface area (Å²) in [5, 5.41) is 19.1. The van der Waals surface area contributed by atoms with Gasteiger partial charge in [-0.05, 0) is 49.3 Å². The van der Waals surface area contributed by atoms with Crippen molar-refractivity contribution >= 4 is 18.4 Å². The van der Waals surface area contributed by atoms with Gasteiger partial charge < -0.3 is 10.2 Å². The Morgan fingerprint density at radius 2 is 2.09 bits per heavy atom. The number of benzene rings is 1. The molecule has 0 aliphatic rings. The van der Waals surface area contributed by atoms with Crippen molar-refractivity contribution in [3.63, 3.8) is 0 Å². The highest BCUT2D eigenvalue weighted by molar-refractivity contribution is 7.71. The number of rotatable bonds is 4. The van der Waals surface area contributed by atoms with Crippen molar-refractivity contribution in [2.45, 2.75) is 13.8 Å². The number of hydrogen-bond acceptors (Lipinski definition) is 5. The van der Waals surface area contributed by atoms with E-state index in [1.54, 1.807) is 0 Å². The number of nitrogens with zero attached hydrogens (tertiary/aromatic N) is 2. The largest absolute Gasteiger partial charge is 0.494 e. The Balaban J connectivity index is 2.66. The van der Waals surface area contributed by atoms with Crippen LogP contribution < -0.4 is 5.56 Å². The lowest BCUT2D eigenvalue weighted by Gasteiger charge is -2.12. The van der Waals surface area contributed by atoms with E-state index in [9.17, 15) is 9.90 Å². The summed E-state index contributed by atoms with van der Waals surface area (Å²) in [6.07, 6.45) is 1.23. The molecule has 0 amide bonds. The van der Waals surface area contributed by atoms with Crippen molar-refractivity contribution in [1.82, 2.24) is 9.55 Å². The maximum atomic E-state index is 11.9. The van der Waals surface area contributed by atoms with E-state index in [4.69, 9.17) is 17.3 Å². The highest BCUT2D eigenvalue weighted by Crippen LogP contribution is 2.20. The molecule has 1 aromatic heterocycles. The first-order chi connectivity index (χ1) is 10.5. The minimum atomic E-state index is -0.524. The van der Waals surface area contributed by atoms with Crippen LogP contribution in [0.15, 0.2) is 28.0 Å². The summed E-state index contributed by atoms with van der Waals surface area (Å²) in [7, 11) is 0. The Morgan fingerprint density at radius 1 is 1.36 bits per heavy atom. The monoisotopic (exact) mass is 319 g/mol. The number of hydrogen-bond donors (Lipinski definition) is 3. The van der Waals surface area contributed by atoms with E-state index in [0.29, 0.717) is 5.69 Å². The second-order valence-corrected chi connectivity index (χ2v) is 5.25. The molecular formula is C15H17N3O3S. The van der Waals surface area contributed by atoms with Crippen molar-refractivity contribution in [2.24, 2.45) is 4.99 Å². The third-order valence-corrected chi connectivity index (χ3v) is 3.60. The fourth-order valence-corrected chi connectivity index (χ4v) is 2.26. The summed E-state index contributed by atoms with van der Waals surface area (Å²) in [6, 6.07) is 5.60. The molecule has 0 saturated carbocycles. The van der Waals surface area contributed by atoms with Gasteiger partial charge in [0.15, 0.2) is 4.77 Å². The van der Waals surface area contributed by atoms with Crippen LogP contribution in [0.2, 0.25) is 0 Å². The van der Waals surface area contributed by atoms with Crippen molar-refractivity contribution in [3.8, 4) is 11.6 Å². The van der Waals surface area contributed by atoms with Crippen molar-refractivity contribution < 1.29 is 10.2 Å². The van der Waals surface area contributed by atoms with Gasteiger partial charge in [0.05, 0.1) is 18.8 Å². The smallest absolute Gasteiger partial charge is 0.264 e. The molecule has 1 heterocycles. The minimum Gasteiger partial charge on any atom is -0.494 e. The molecular weight excluding hydrogens is 302 g/mol. The van der Waals surface area contributed by atoms with Crippen molar-refractivity contribution in [1.29, 1.82) is 0 Å². The van der Waals surface area contributed by atoms with E-state index in [1.807, 2.05) is 32.0 Å². The quantitative estimate of drug-likeness (QED) is 0.590. The van der Waals surface area contributed by atoms with Gasteiger partial charge in [-0.1, -0.05) is 6.07 Å². The normalized spacial score (nSPS) is 11.2. The Labute approximate surface area is 132 Å². The Bertz CT molecular complexity index is 837. The van der Waals surface area contributed by atoms with E-state index in [2.05, 4.69) is 9.98 Å². The number of H-pyrrole nitrogens is 1. The second kappa shape index (κ2) is 6.67. The van der Waals surface area contributed by atoms with Gasteiger partial charge in [0.1, 0.15) is 5.56 Å². The summed E-state index contributed by atoms with van der Waals surface area (Å²) in [6.45, 7) is 3.95.